The molecule has 1 aliphatic carbocycles. The topological polar surface area (TPSA) is 34.1 Å². The molecule has 21 heavy (non-hydrogen) atoms. The van der Waals surface area contributed by atoms with Crippen molar-refractivity contribution in [3.63, 3.8) is 0 Å². The van der Waals surface area contributed by atoms with E-state index in [1.807, 2.05) is 7.05 Å². The number of nitrogens with zero attached hydrogens (tertiary/aromatic N) is 4. The first-order valence-corrected chi connectivity index (χ1v) is 8.46. The molecule has 5 heteroatoms. The van der Waals surface area contributed by atoms with E-state index in [1.165, 1.54) is 45.3 Å². The predicted molar refractivity (Wildman–Crippen MR) is 87.8 cm³/mol. The molecule has 1 saturated carbocycles. The average molecular weight is 293 g/mol. The fourth-order valence-corrected chi connectivity index (χ4v) is 4.06. The second-order valence-electron chi connectivity index (χ2n) is 7.35. The predicted octanol–water partition coefficient (Wildman–Crippen LogP) is 0.684. The van der Waals surface area contributed by atoms with Crippen LogP contribution < -0.4 is 5.32 Å². The molecule has 2 aliphatic heterocycles. The van der Waals surface area contributed by atoms with Crippen molar-refractivity contribution in [3.05, 3.63) is 0 Å². The van der Waals surface area contributed by atoms with Crippen LogP contribution in [0.3, 0.4) is 0 Å². The van der Waals surface area contributed by atoms with E-state index in [1.54, 1.807) is 0 Å². The Morgan fingerprint density at radius 1 is 1.19 bits per heavy atom. The maximum Gasteiger partial charge on any atom is 0.193 e. The molecule has 0 bridgehead atoms. The van der Waals surface area contributed by atoms with Crippen LogP contribution in [0.25, 0.3) is 0 Å². The Morgan fingerprint density at radius 2 is 2.00 bits per heavy atom. The highest BCUT2D eigenvalue weighted by Gasteiger charge is 2.43. The van der Waals surface area contributed by atoms with Gasteiger partial charge in [0.25, 0.3) is 0 Å². The molecule has 3 aliphatic rings. The quantitative estimate of drug-likeness (QED) is 0.600. The maximum atomic E-state index is 4.52. The zero-order valence-electron chi connectivity index (χ0n) is 13.9. The van der Waals surface area contributed by atoms with Gasteiger partial charge in [-0.25, -0.2) is 0 Å². The second kappa shape index (κ2) is 6.13. The van der Waals surface area contributed by atoms with Gasteiger partial charge < -0.3 is 15.1 Å². The molecule has 0 radical (unpaired) electrons. The van der Waals surface area contributed by atoms with Crippen LogP contribution in [0.2, 0.25) is 0 Å². The number of piperazine rings is 1. The number of likely N-dealkylation sites (N-methyl/N-ethyl adjacent to an activating group) is 2. The summed E-state index contributed by atoms with van der Waals surface area (Å²) >= 11 is 0. The summed E-state index contributed by atoms with van der Waals surface area (Å²) in [5.74, 6) is 1.11. The van der Waals surface area contributed by atoms with Crippen molar-refractivity contribution in [2.45, 2.75) is 31.7 Å². The lowest BCUT2D eigenvalue weighted by Gasteiger charge is -2.39. The van der Waals surface area contributed by atoms with E-state index in [9.17, 15) is 0 Å². The number of guanidine groups is 1. The number of likely N-dealkylation sites (tertiary alicyclic amines) is 1. The lowest BCUT2D eigenvalue weighted by Crippen LogP contribution is -2.55. The molecule has 1 unspecified atom stereocenters. The van der Waals surface area contributed by atoms with E-state index < -0.39 is 0 Å². The minimum absolute atomic E-state index is 0.584. The van der Waals surface area contributed by atoms with Crippen LogP contribution in [0.5, 0.6) is 0 Å². The van der Waals surface area contributed by atoms with Crippen molar-refractivity contribution < 1.29 is 0 Å². The van der Waals surface area contributed by atoms with E-state index in [4.69, 9.17) is 0 Å². The lowest BCUT2D eigenvalue weighted by molar-refractivity contribution is 0.115. The smallest absolute Gasteiger partial charge is 0.193 e. The van der Waals surface area contributed by atoms with Gasteiger partial charge in [-0.2, -0.15) is 0 Å². The van der Waals surface area contributed by atoms with E-state index in [2.05, 4.69) is 39.1 Å². The largest absolute Gasteiger partial charge is 0.355 e. The third kappa shape index (κ3) is 3.19. The van der Waals surface area contributed by atoms with Gasteiger partial charge in [0, 0.05) is 52.4 Å². The number of aliphatic imine (C=N–C) groups is 1. The molecule has 1 spiro atoms. The maximum absolute atomic E-state index is 4.52. The van der Waals surface area contributed by atoms with Gasteiger partial charge in [0.1, 0.15) is 0 Å². The normalized spacial score (nSPS) is 30.7. The molecule has 2 heterocycles. The minimum Gasteiger partial charge on any atom is -0.355 e. The number of hydrogen-bond acceptors (Lipinski definition) is 3. The highest BCUT2D eigenvalue weighted by molar-refractivity contribution is 5.80. The number of rotatable bonds is 2. The molecule has 120 valence electrons. The van der Waals surface area contributed by atoms with Crippen LogP contribution in [-0.2, 0) is 0 Å². The molecule has 0 aromatic heterocycles. The lowest BCUT2D eigenvalue weighted by atomic mass is 9.68. The first-order valence-electron chi connectivity index (χ1n) is 8.46. The fourth-order valence-electron chi connectivity index (χ4n) is 4.06. The molecule has 0 aromatic carbocycles. The Hall–Kier alpha value is -0.810. The van der Waals surface area contributed by atoms with Crippen molar-refractivity contribution in [2.24, 2.45) is 10.4 Å². The summed E-state index contributed by atoms with van der Waals surface area (Å²) in [5, 5.41) is 3.63. The van der Waals surface area contributed by atoms with E-state index in [-0.39, 0.29) is 0 Å². The standard InChI is InChI=1S/C16H31N5/c1-17-15(21-8-7-16(13-21)5-4-6-16)18-11-14-12-19(2)9-10-20(14)3/h14H,4-13H2,1-3H3,(H,17,18). The summed E-state index contributed by atoms with van der Waals surface area (Å²) in [4.78, 5) is 11.9. The van der Waals surface area contributed by atoms with Crippen molar-refractivity contribution >= 4 is 5.96 Å². The van der Waals surface area contributed by atoms with E-state index in [0.717, 1.165) is 25.6 Å². The van der Waals surface area contributed by atoms with Gasteiger partial charge in [0.05, 0.1) is 0 Å². The SMILES string of the molecule is CN=C(NCC1CN(C)CCN1C)N1CCC2(CCC2)C1. The number of hydrogen-bond donors (Lipinski definition) is 1. The van der Waals surface area contributed by atoms with Crippen LogP contribution in [0.1, 0.15) is 25.7 Å². The highest BCUT2D eigenvalue weighted by atomic mass is 15.3. The van der Waals surface area contributed by atoms with Gasteiger partial charge >= 0.3 is 0 Å². The Morgan fingerprint density at radius 3 is 2.62 bits per heavy atom. The first kappa shape index (κ1) is 15.1. The Kier molecular flexibility index (Phi) is 4.41. The summed E-state index contributed by atoms with van der Waals surface area (Å²) in [6, 6.07) is 0.584. The summed E-state index contributed by atoms with van der Waals surface area (Å²) in [5.41, 5.74) is 0.638. The Bertz CT molecular complexity index is 390. The monoisotopic (exact) mass is 293 g/mol. The van der Waals surface area contributed by atoms with E-state index in [0.29, 0.717) is 11.5 Å². The Labute approximate surface area is 129 Å². The molecule has 3 rings (SSSR count). The fraction of sp³-hybridized carbons (Fsp3) is 0.938. The van der Waals surface area contributed by atoms with Crippen LogP contribution in [0.15, 0.2) is 4.99 Å². The van der Waals surface area contributed by atoms with Crippen molar-refractivity contribution in [2.75, 3.05) is 60.4 Å². The van der Waals surface area contributed by atoms with Gasteiger partial charge in [0.2, 0.25) is 0 Å². The molecule has 2 saturated heterocycles. The first-order chi connectivity index (χ1) is 10.1. The molecule has 1 N–H and O–H groups in total. The third-order valence-electron chi connectivity index (χ3n) is 5.84. The molecular weight excluding hydrogens is 262 g/mol. The van der Waals surface area contributed by atoms with Gasteiger partial charge in [-0.3, -0.25) is 9.89 Å². The summed E-state index contributed by atoms with van der Waals surface area (Å²) in [7, 11) is 6.38. The zero-order valence-corrected chi connectivity index (χ0v) is 13.9. The van der Waals surface area contributed by atoms with Crippen LogP contribution in [0.4, 0.5) is 0 Å². The average Bonchev–Trinajstić information content (AvgIpc) is 2.89. The molecule has 1 atom stereocenters. The molecule has 5 nitrogen and oxygen atoms in total. The molecular formula is C16H31N5. The molecule has 0 amide bonds. The van der Waals surface area contributed by atoms with Crippen molar-refractivity contribution in [1.29, 1.82) is 0 Å². The highest BCUT2D eigenvalue weighted by Crippen LogP contribution is 2.47. The van der Waals surface area contributed by atoms with Crippen LogP contribution >= 0.6 is 0 Å². The minimum atomic E-state index is 0.584. The number of nitrogens with one attached hydrogen (secondary N) is 1. The summed E-state index contributed by atoms with van der Waals surface area (Å²) in [6.45, 7) is 6.87. The van der Waals surface area contributed by atoms with Gasteiger partial charge in [-0.1, -0.05) is 6.42 Å². The second-order valence-corrected chi connectivity index (χ2v) is 7.35. The van der Waals surface area contributed by atoms with Crippen LogP contribution in [0, 0.1) is 5.41 Å². The van der Waals surface area contributed by atoms with Crippen molar-refractivity contribution in [1.82, 2.24) is 20.0 Å². The van der Waals surface area contributed by atoms with Gasteiger partial charge in [0.15, 0.2) is 5.96 Å². The van der Waals surface area contributed by atoms with Crippen molar-refractivity contribution in [3.8, 4) is 0 Å². The van der Waals surface area contributed by atoms with Gasteiger partial charge in [-0.15, -0.1) is 0 Å². The summed E-state index contributed by atoms with van der Waals surface area (Å²) < 4.78 is 0. The zero-order chi connectivity index (χ0) is 14.9. The molecule has 0 aromatic rings. The van der Waals surface area contributed by atoms with Gasteiger partial charge in [-0.05, 0) is 38.8 Å². The van der Waals surface area contributed by atoms with Crippen LogP contribution in [-0.4, -0.2) is 87.1 Å². The molecule has 3 fully saturated rings. The van der Waals surface area contributed by atoms with E-state index >= 15 is 0 Å². The third-order valence-corrected chi connectivity index (χ3v) is 5.84. The summed E-state index contributed by atoms with van der Waals surface area (Å²) in [6.07, 6.45) is 5.64. The Balaban J connectivity index is 1.51.